The minimum atomic E-state index is -0.265. The van der Waals surface area contributed by atoms with Gasteiger partial charge in [0.1, 0.15) is 0 Å². The van der Waals surface area contributed by atoms with Crippen molar-refractivity contribution in [3.05, 3.63) is 83.3 Å². The van der Waals surface area contributed by atoms with Gasteiger partial charge in [0.15, 0.2) is 5.76 Å². The van der Waals surface area contributed by atoms with Crippen molar-refractivity contribution in [2.45, 2.75) is 52.1 Å². The number of rotatable bonds is 6. The number of fused-ring (bicyclic) bond motifs is 1. The Morgan fingerprint density at radius 1 is 1.00 bits per heavy atom. The number of aryl methyl sites for hydroxylation is 2. The van der Waals surface area contributed by atoms with Crippen molar-refractivity contribution in [3.8, 4) is 0 Å². The van der Waals surface area contributed by atoms with Crippen LogP contribution in [0.25, 0.3) is 0 Å². The number of carbonyl (C=O) groups is 3. The fourth-order valence-corrected chi connectivity index (χ4v) is 5.87. The Balaban J connectivity index is 1.50. The molecule has 3 heterocycles. The molecule has 0 unspecified atom stereocenters. The van der Waals surface area contributed by atoms with Crippen LogP contribution < -0.4 is 15.5 Å². The lowest BCUT2D eigenvalue weighted by Gasteiger charge is -2.44. The number of hydrogen-bond donors (Lipinski definition) is 1. The van der Waals surface area contributed by atoms with Crippen LogP contribution in [0.3, 0.4) is 0 Å². The van der Waals surface area contributed by atoms with Gasteiger partial charge in [0.2, 0.25) is 11.8 Å². The maximum Gasteiger partial charge on any atom is 0.294 e. The van der Waals surface area contributed by atoms with E-state index in [0.29, 0.717) is 32.4 Å². The van der Waals surface area contributed by atoms with Crippen LogP contribution in [-0.4, -0.2) is 48.3 Å². The number of primary amides is 1. The second-order valence-corrected chi connectivity index (χ2v) is 10.9. The Kier molecular flexibility index (Phi) is 7.57. The van der Waals surface area contributed by atoms with Crippen molar-refractivity contribution < 1.29 is 18.8 Å². The number of carbonyl (C=O) groups excluding carboxylic acids is 3. The third-order valence-electron chi connectivity index (χ3n) is 8.00. The average molecular weight is 529 g/mol. The summed E-state index contributed by atoms with van der Waals surface area (Å²) in [6, 6.07) is 17.0. The second-order valence-electron chi connectivity index (χ2n) is 10.9. The SMILES string of the molecule is Cc1ccc(N(C(=O)CN2CCC(C(N)=O)CC2)[C@@H]2C[C@H](C)N(C(=O)c3ccco3)c3ccc(C)cc32)cc1. The van der Waals surface area contributed by atoms with E-state index in [-0.39, 0.29) is 48.0 Å². The van der Waals surface area contributed by atoms with Gasteiger partial charge in [-0.25, -0.2) is 0 Å². The van der Waals surface area contributed by atoms with E-state index in [1.54, 1.807) is 17.0 Å². The van der Waals surface area contributed by atoms with E-state index in [4.69, 9.17) is 10.2 Å². The zero-order chi connectivity index (χ0) is 27.7. The normalized spacial score (nSPS) is 19.9. The van der Waals surface area contributed by atoms with Crippen LogP contribution >= 0.6 is 0 Å². The van der Waals surface area contributed by atoms with Crippen molar-refractivity contribution >= 4 is 29.1 Å². The second kappa shape index (κ2) is 11.1. The largest absolute Gasteiger partial charge is 0.459 e. The fourth-order valence-electron chi connectivity index (χ4n) is 5.87. The maximum absolute atomic E-state index is 14.1. The first-order chi connectivity index (χ1) is 18.7. The zero-order valence-electron chi connectivity index (χ0n) is 22.8. The van der Waals surface area contributed by atoms with Crippen LogP contribution in [-0.2, 0) is 9.59 Å². The van der Waals surface area contributed by atoms with Crippen molar-refractivity contribution in [3.63, 3.8) is 0 Å². The van der Waals surface area contributed by atoms with Crippen LogP contribution in [0, 0.1) is 19.8 Å². The van der Waals surface area contributed by atoms with E-state index in [9.17, 15) is 14.4 Å². The molecular formula is C31H36N4O4. The Hall–Kier alpha value is -3.91. The van der Waals surface area contributed by atoms with Crippen molar-refractivity contribution in [2.24, 2.45) is 11.7 Å². The molecule has 1 aromatic heterocycles. The minimum absolute atomic E-state index is 0.00755. The molecule has 0 spiro atoms. The molecule has 0 aliphatic carbocycles. The molecule has 39 heavy (non-hydrogen) atoms. The topological polar surface area (TPSA) is 100 Å². The van der Waals surface area contributed by atoms with Crippen LogP contribution in [0.4, 0.5) is 11.4 Å². The van der Waals surface area contributed by atoms with Gasteiger partial charge in [-0.2, -0.15) is 0 Å². The Labute approximate surface area is 229 Å². The van der Waals surface area contributed by atoms with Gasteiger partial charge in [-0.3, -0.25) is 19.3 Å². The summed E-state index contributed by atoms with van der Waals surface area (Å²) >= 11 is 0. The first-order valence-electron chi connectivity index (χ1n) is 13.6. The highest BCUT2D eigenvalue weighted by atomic mass is 16.3. The molecule has 3 aromatic rings. The first kappa shape index (κ1) is 26.7. The predicted molar refractivity (Wildman–Crippen MR) is 151 cm³/mol. The molecule has 2 aromatic carbocycles. The lowest BCUT2D eigenvalue weighted by Crippen LogP contribution is -2.50. The quantitative estimate of drug-likeness (QED) is 0.504. The number of amides is 3. The van der Waals surface area contributed by atoms with E-state index in [0.717, 1.165) is 28.1 Å². The lowest BCUT2D eigenvalue weighted by atomic mass is 9.88. The van der Waals surface area contributed by atoms with Crippen molar-refractivity contribution in [1.82, 2.24) is 4.90 Å². The number of hydrogen-bond acceptors (Lipinski definition) is 5. The summed E-state index contributed by atoms with van der Waals surface area (Å²) in [6.45, 7) is 7.63. The third kappa shape index (κ3) is 5.47. The van der Waals surface area contributed by atoms with Crippen LogP contribution in [0.5, 0.6) is 0 Å². The van der Waals surface area contributed by atoms with E-state index >= 15 is 0 Å². The lowest BCUT2D eigenvalue weighted by molar-refractivity contribution is -0.123. The molecule has 2 atom stereocenters. The van der Waals surface area contributed by atoms with Gasteiger partial charge in [0.25, 0.3) is 5.91 Å². The molecule has 0 saturated carbocycles. The third-order valence-corrected chi connectivity index (χ3v) is 8.00. The van der Waals surface area contributed by atoms with Gasteiger partial charge in [0, 0.05) is 23.3 Å². The summed E-state index contributed by atoms with van der Waals surface area (Å²) in [5, 5.41) is 0. The summed E-state index contributed by atoms with van der Waals surface area (Å²) in [6.07, 6.45) is 3.41. The molecule has 1 fully saturated rings. The Morgan fingerprint density at radius 2 is 1.69 bits per heavy atom. The molecule has 2 aliphatic rings. The number of anilines is 2. The number of piperidine rings is 1. The highest BCUT2D eigenvalue weighted by Crippen LogP contribution is 2.43. The standard InChI is InChI=1S/C31H36N4O4/c1-20-6-9-24(10-7-20)35(29(36)19-33-14-12-23(13-15-33)30(32)37)27-18-22(3)34(31(38)28-5-4-16-39-28)26-11-8-21(2)17-25(26)27/h4-11,16-17,22-23,27H,12-15,18-19H2,1-3H3,(H2,32,37)/t22-,27+/m0/s1. The number of benzene rings is 2. The smallest absolute Gasteiger partial charge is 0.294 e. The number of furan rings is 1. The molecule has 8 heteroatoms. The summed E-state index contributed by atoms with van der Waals surface area (Å²) in [4.78, 5) is 45.0. The van der Waals surface area contributed by atoms with Gasteiger partial charge in [0.05, 0.1) is 18.8 Å². The molecule has 2 aliphatic heterocycles. The van der Waals surface area contributed by atoms with E-state index in [1.165, 1.54) is 6.26 Å². The van der Waals surface area contributed by atoms with Gasteiger partial charge >= 0.3 is 0 Å². The zero-order valence-corrected chi connectivity index (χ0v) is 22.8. The molecule has 204 valence electrons. The van der Waals surface area contributed by atoms with Gasteiger partial charge in [-0.1, -0.05) is 35.4 Å². The van der Waals surface area contributed by atoms with E-state index in [1.807, 2.05) is 62.1 Å². The highest BCUT2D eigenvalue weighted by Gasteiger charge is 2.40. The average Bonchev–Trinajstić information content (AvgIpc) is 3.45. The first-order valence-corrected chi connectivity index (χ1v) is 13.6. The van der Waals surface area contributed by atoms with Gasteiger partial charge < -0.3 is 20.0 Å². The highest BCUT2D eigenvalue weighted by molar-refractivity contribution is 6.06. The Bertz CT molecular complexity index is 1340. The molecular weight excluding hydrogens is 492 g/mol. The molecule has 0 radical (unpaired) electrons. The molecule has 2 N–H and O–H groups in total. The van der Waals surface area contributed by atoms with Crippen molar-refractivity contribution in [2.75, 3.05) is 29.4 Å². The monoisotopic (exact) mass is 528 g/mol. The molecule has 0 bridgehead atoms. The number of nitrogens with zero attached hydrogens (tertiary/aromatic N) is 3. The molecule has 1 saturated heterocycles. The fraction of sp³-hybridized carbons (Fsp3) is 0.387. The summed E-state index contributed by atoms with van der Waals surface area (Å²) in [5.74, 6) is -0.304. The molecule has 5 rings (SSSR count). The minimum Gasteiger partial charge on any atom is -0.459 e. The number of likely N-dealkylation sites (tertiary alicyclic amines) is 1. The van der Waals surface area contributed by atoms with Gasteiger partial charge in [-0.15, -0.1) is 0 Å². The molecule has 8 nitrogen and oxygen atoms in total. The van der Waals surface area contributed by atoms with Crippen LogP contribution in [0.15, 0.2) is 65.3 Å². The van der Waals surface area contributed by atoms with E-state index in [2.05, 4.69) is 11.0 Å². The van der Waals surface area contributed by atoms with Crippen molar-refractivity contribution in [1.29, 1.82) is 0 Å². The maximum atomic E-state index is 14.1. The van der Waals surface area contributed by atoms with Crippen LogP contribution in [0.1, 0.15) is 59.5 Å². The van der Waals surface area contributed by atoms with E-state index < -0.39 is 0 Å². The van der Waals surface area contributed by atoms with Gasteiger partial charge in [-0.05, 0) is 89.0 Å². The summed E-state index contributed by atoms with van der Waals surface area (Å²) in [5.41, 5.74) is 10.2. The summed E-state index contributed by atoms with van der Waals surface area (Å²) < 4.78 is 5.45. The predicted octanol–water partition coefficient (Wildman–Crippen LogP) is 4.61. The van der Waals surface area contributed by atoms with Crippen LogP contribution in [0.2, 0.25) is 0 Å². The number of nitrogens with two attached hydrogens (primary N) is 1. The summed E-state index contributed by atoms with van der Waals surface area (Å²) in [7, 11) is 0. The Morgan fingerprint density at radius 3 is 2.33 bits per heavy atom. The molecule has 3 amide bonds.